The van der Waals surface area contributed by atoms with Crippen molar-refractivity contribution in [3.63, 3.8) is 0 Å². The van der Waals surface area contributed by atoms with Crippen LogP contribution >= 0.6 is 26.5 Å². The van der Waals surface area contributed by atoms with Gasteiger partial charge in [-0.15, -0.1) is 0 Å². The number of pyridine rings is 1. The topological polar surface area (TPSA) is 128 Å². The Labute approximate surface area is 162 Å². The Balaban J connectivity index is 2.13. The summed E-state index contributed by atoms with van der Waals surface area (Å²) in [7, 11) is -2.72. The molecule has 1 fully saturated rings. The lowest BCUT2D eigenvalue weighted by atomic mass is 10.1. The molecule has 0 aromatic carbocycles. The quantitative estimate of drug-likeness (QED) is 0.558. The number of ether oxygens (including phenoxy) is 1. The minimum Gasteiger partial charge on any atom is -0.444 e. The average molecular weight is 447 g/mol. The number of hydrogen-bond donors (Lipinski definition) is 4. The number of anilines is 1. The van der Waals surface area contributed by atoms with Crippen LogP contribution in [0.3, 0.4) is 0 Å². The smallest absolute Gasteiger partial charge is 0.407 e. The van der Waals surface area contributed by atoms with Gasteiger partial charge < -0.3 is 15.4 Å². The molecule has 10 heteroatoms. The first-order chi connectivity index (χ1) is 12.0. The second-order valence-corrected chi connectivity index (χ2v) is 10.3. The maximum atomic E-state index is 12.1. The van der Waals surface area contributed by atoms with E-state index in [0.29, 0.717) is 16.6 Å². The molecule has 0 unspecified atom stereocenters. The highest BCUT2D eigenvalue weighted by atomic mass is 79.9. The highest BCUT2D eigenvalue weighted by molar-refractivity contribution is 9.10. The Morgan fingerprint density at radius 3 is 2.73 bits per heavy atom. The van der Waals surface area contributed by atoms with Crippen LogP contribution in [0.2, 0.25) is 0 Å². The number of nitrogens with zero attached hydrogens (tertiary/aromatic N) is 2. The van der Waals surface area contributed by atoms with Crippen molar-refractivity contribution in [3.8, 4) is 6.07 Å². The van der Waals surface area contributed by atoms with Crippen LogP contribution in [0.4, 0.5) is 10.5 Å². The molecule has 0 radical (unpaired) electrons. The van der Waals surface area contributed by atoms with Crippen LogP contribution in [0.25, 0.3) is 0 Å². The molecule has 1 aliphatic heterocycles. The van der Waals surface area contributed by atoms with Gasteiger partial charge in [0.05, 0.1) is 34.2 Å². The summed E-state index contributed by atoms with van der Waals surface area (Å²) in [6.07, 6.45) is 1.35. The molecule has 1 saturated heterocycles. The zero-order chi connectivity index (χ0) is 19.5. The fourth-order valence-corrected chi connectivity index (χ4v) is 4.72. The summed E-state index contributed by atoms with van der Waals surface area (Å²) >= 11 is 3.27. The molecule has 1 aromatic heterocycles. The van der Waals surface area contributed by atoms with Crippen LogP contribution in [0.15, 0.2) is 16.7 Å². The molecule has 2 atom stereocenters. The number of carbonyl (C=O) groups is 1. The molecule has 0 bridgehead atoms. The van der Waals surface area contributed by atoms with Gasteiger partial charge in [-0.05, 0) is 49.2 Å². The monoisotopic (exact) mass is 446 g/mol. The second-order valence-electron chi connectivity index (χ2n) is 7.13. The van der Waals surface area contributed by atoms with Crippen molar-refractivity contribution in [1.82, 2.24) is 10.3 Å². The summed E-state index contributed by atoms with van der Waals surface area (Å²) < 4.78 is 26.0. The molecule has 2 rings (SSSR count). The van der Waals surface area contributed by atoms with E-state index in [1.807, 2.05) is 6.07 Å². The number of nitrogens with one attached hydrogen (secondary N) is 2. The highest BCUT2D eigenvalue weighted by Gasteiger charge is 2.35. The summed E-state index contributed by atoms with van der Waals surface area (Å²) in [6.45, 7) is 5.33. The first kappa shape index (κ1) is 20.8. The van der Waals surface area contributed by atoms with Gasteiger partial charge in [-0.1, -0.05) is 0 Å². The lowest BCUT2D eigenvalue weighted by molar-refractivity contribution is 0.0497. The van der Waals surface area contributed by atoms with Crippen molar-refractivity contribution >= 4 is 38.3 Å². The van der Waals surface area contributed by atoms with Gasteiger partial charge in [-0.3, -0.25) is 9.11 Å². The maximum absolute atomic E-state index is 12.1. The number of nitriles is 1. The normalized spacial score (nSPS) is 23.4. The number of alkyl carbamates (subject to hydrolysis) is 1. The summed E-state index contributed by atoms with van der Waals surface area (Å²) in [6, 6.07) is 2.90. The van der Waals surface area contributed by atoms with Crippen LogP contribution in [-0.4, -0.2) is 49.4 Å². The number of aromatic nitrogens is 1. The maximum Gasteiger partial charge on any atom is 0.407 e. The molecule has 26 heavy (non-hydrogen) atoms. The van der Waals surface area contributed by atoms with E-state index < -0.39 is 28.3 Å². The minimum absolute atomic E-state index is 0.102. The highest BCUT2D eigenvalue weighted by Crippen LogP contribution is 2.44. The molecular formula is C16H23BrN4O4S. The van der Waals surface area contributed by atoms with Crippen LogP contribution in [0, 0.1) is 11.3 Å². The fraction of sp³-hybridized carbons (Fsp3) is 0.562. The third-order valence-electron chi connectivity index (χ3n) is 3.69. The molecular weight excluding hydrogens is 424 g/mol. The van der Waals surface area contributed by atoms with E-state index in [4.69, 9.17) is 10.00 Å². The summed E-state index contributed by atoms with van der Waals surface area (Å²) in [5.74, 6) is 0.325. The minimum atomic E-state index is -2.72. The Bertz CT molecular complexity index is 717. The van der Waals surface area contributed by atoms with Crippen molar-refractivity contribution in [2.45, 2.75) is 44.9 Å². The Hall–Kier alpha value is -1.54. The van der Waals surface area contributed by atoms with Crippen LogP contribution < -0.4 is 10.6 Å². The first-order valence-electron chi connectivity index (χ1n) is 8.04. The van der Waals surface area contributed by atoms with Gasteiger partial charge in [0.15, 0.2) is 5.69 Å². The van der Waals surface area contributed by atoms with Crippen LogP contribution in [0.1, 0.15) is 32.9 Å². The molecule has 1 amide bonds. The predicted octanol–water partition coefficient (Wildman–Crippen LogP) is 3.54. The number of rotatable bonds is 3. The lowest BCUT2D eigenvalue weighted by Gasteiger charge is -2.44. The molecule has 144 valence electrons. The fourth-order valence-electron chi connectivity index (χ4n) is 2.59. The van der Waals surface area contributed by atoms with Crippen molar-refractivity contribution in [1.29, 1.82) is 5.26 Å². The summed E-state index contributed by atoms with van der Waals surface area (Å²) in [5, 5.41) is 14.9. The molecule has 2 heterocycles. The van der Waals surface area contributed by atoms with Gasteiger partial charge in [0.1, 0.15) is 11.7 Å². The number of amides is 1. The molecule has 0 saturated carbocycles. The number of hydrogen-bond acceptors (Lipinski definition) is 7. The standard InChI is InChI=1S/C16H23BrN4O4S/c1-16(2,3)25-15(22)21-12-4-5-26(23,24)9-14(12)20-10-6-11(17)13(7-18)19-8-10/h6,8,12,14,20,23-24H,4-5,9H2,1-3H3,(H,21,22)/t12-,14+/m0/s1. The van der Waals surface area contributed by atoms with Gasteiger partial charge in [0.25, 0.3) is 0 Å². The van der Waals surface area contributed by atoms with E-state index in [1.54, 1.807) is 26.8 Å². The van der Waals surface area contributed by atoms with Gasteiger partial charge in [0.2, 0.25) is 0 Å². The molecule has 0 aliphatic carbocycles. The van der Waals surface area contributed by atoms with Gasteiger partial charge >= 0.3 is 6.09 Å². The van der Waals surface area contributed by atoms with Gasteiger partial charge in [0, 0.05) is 5.75 Å². The zero-order valence-electron chi connectivity index (χ0n) is 14.8. The Kier molecular flexibility index (Phi) is 6.39. The number of carbonyl (C=O) groups excluding carboxylic acids is 1. The van der Waals surface area contributed by atoms with E-state index in [9.17, 15) is 13.9 Å². The van der Waals surface area contributed by atoms with E-state index >= 15 is 0 Å². The molecule has 4 N–H and O–H groups in total. The molecule has 0 spiro atoms. The lowest BCUT2D eigenvalue weighted by Crippen LogP contribution is -2.53. The van der Waals surface area contributed by atoms with E-state index in [2.05, 4.69) is 31.5 Å². The van der Waals surface area contributed by atoms with E-state index in [-0.39, 0.29) is 23.2 Å². The first-order valence-corrected chi connectivity index (χ1v) is 10.7. The van der Waals surface area contributed by atoms with E-state index in [0.717, 1.165) is 0 Å². The third-order valence-corrected chi connectivity index (χ3v) is 6.08. The Morgan fingerprint density at radius 1 is 1.46 bits per heavy atom. The third kappa shape index (κ3) is 6.02. The van der Waals surface area contributed by atoms with Crippen LogP contribution in [-0.2, 0) is 4.74 Å². The van der Waals surface area contributed by atoms with Gasteiger partial charge in [-0.2, -0.15) is 15.9 Å². The molecule has 8 nitrogen and oxygen atoms in total. The van der Waals surface area contributed by atoms with Gasteiger partial charge in [-0.25, -0.2) is 9.78 Å². The Morgan fingerprint density at radius 2 is 2.15 bits per heavy atom. The molecule has 1 aliphatic rings. The number of halogens is 1. The largest absolute Gasteiger partial charge is 0.444 e. The zero-order valence-corrected chi connectivity index (χ0v) is 17.2. The summed E-state index contributed by atoms with van der Waals surface area (Å²) in [4.78, 5) is 16.1. The average Bonchev–Trinajstić information content (AvgIpc) is 2.48. The van der Waals surface area contributed by atoms with Crippen LogP contribution in [0.5, 0.6) is 0 Å². The molecule has 1 aromatic rings. The van der Waals surface area contributed by atoms with Crippen molar-refractivity contribution in [2.24, 2.45) is 0 Å². The second kappa shape index (κ2) is 8.00. The van der Waals surface area contributed by atoms with E-state index in [1.165, 1.54) is 6.20 Å². The summed E-state index contributed by atoms with van der Waals surface area (Å²) in [5.41, 5.74) is 0.243. The predicted molar refractivity (Wildman–Crippen MR) is 104 cm³/mol. The van der Waals surface area contributed by atoms with Crippen molar-refractivity contribution in [3.05, 3.63) is 22.4 Å². The van der Waals surface area contributed by atoms with Crippen molar-refractivity contribution in [2.75, 3.05) is 16.8 Å². The SMILES string of the molecule is CC(C)(C)OC(=O)N[C@H]1CCS(O)(O)C[C@H]1Nc1cnc(C#N)c(Br)c1. The van der Waals surface area contributed by atoms with Crippen molar-refractivity contribution < 1.29 is 18.6 Å².